The number of aliphatic imine (C=N–C) groups is 1. The summed E-state index contributed by atoms with van der Waals surface area (Å²) in [6.45, 7) is 12.4. The highest BCUT2D eigenvalue weighted by atomic mass is 35.5. The smallest absolute Gasteiger partial charge is 0.416 e. The molecule has 0 atom stereocenters. The van der Waals surface area contributed by atoms with Crippen LogP contribution in [0.3, 0.4) is 0 Å². The summed E-state index contributed by atoms with van der Waals surface area (Å²) in [7, 11) is 4.13. The van der Waals surface area contributed by atoms with Crippen LogP contribution in [0.25, 0.3) is 0 Å². The van der Waals surface area contributed by atoms with Gasteiger partial charge in [-0.2, -0.15) is 0 Å². The van der Waals surface area contributed by atoms with E-state index in [0.717, 1.165) is 64.1 Å². The third-order valence-corrected chi connectivity index (χ3v) is 13.5. The van der Waals surface area contributed by atoms with E-state index in [9.17, 15) is 24.0 Å². The summed E-state index contributed by atoms with van der Waals surface area (Å²) >= 11 is 4.51. The van der Waals surface area contributed by atoms with E-state index in [4.69, 9.17) is 24.7 Å². The normalized spacial score (nSPS) is 10.3. The number of carbonyl (C=O) groups excluding carboxylic acids is 6. The number of nitrogens with two attached hydrogens (primary N) is 1. The zero-order valence-electron chi connectivity index (χ0n) is 52.5. The molecule has 6 N–H and O–H groups in total. The fourth-order valence-corrected chi connectivity index (χ4v) is 8.63. The van der Waals surface area contributed by atoms with Crippen LogP contribution >= 0.6 is 11.6 Å². The van der Waals surface area contributed by atoms with Gasteiger partial charge in [-0.25, -0.2) is 34.6 Å². The maximum Gasteiger partial charge on any atom is 0.416 e. The number of nitrogens with one attached hydrogen (secondary N) is 4. The van der Waals surface area contributed by atoms with E-state index < -0.39 is 29.7 Å². The number of imide groups is 2. The van der Waals surface area contributed by atoms with Crippen LogP contribution in [0, 0.1) is 0 Å². The second-order valence-electron chi connectivity index (χ2n) is 21.6. The van der Waals surface area contributed by atoms with Gasteiger partial charge in [0, 0.05) is 13.0 Å². The first-order chi connectivity index (χ1) is 38.4. The average Bonchev–Trinajstić information content (AvgIpc) is 3.41. The molecule has 0 heterocycles. The van der Waals surface area contributed by atoms with E-state index in [1.165, 1.54) is 249 Å². The number of nitrogens with zero attached hydrogens (tertiary/aromatic N) is 1. The first-order valence-corrected chi connectivity index (χ1v) is 32.9. The van der Waals surface area contributed by atoms with Crippen molar-refractivity contribution in [2.24, 2.45) is 10.7 Å². The molecular weight excluding hydrogens is 1060 g/mol. The summed E-state index contributed by atoms with van der Waals surface area (Å²) in [6, 6.07) is -0.482. The standard InChI is InChI=1S/C34H67NO4.C23H47N3O3.C4H11N.C2ClNO2.ClH/c1-3-5-7-9-11-13-15-17-19-21-23-25-27-29-31-38-33(36)35-34(37)39-32-30-28-26-24-22-20-18-16-14-12-10-8-6-4-2;1-4-5-6-7-8-9-10-11-12-13-14-15-16-17-21-29-23(28)25-22(27)24-19-18-20-26(2)3;1-2-3-4-5;3-2(6)4-1-5;/h3-32H2,1-2H3,(H,35,36,37);4-21H2,1-3H3,(H2,24,25,27,28);2-5H2,1H3;;1H. The SMILES string of the molecule is CCCCCCCCCCCCCCCCOC(=O)NC(=O)NCCC[NH+](C)C.CCCCCCCCCCCCCCCCOC(=O)NC(=O)OCCCCCCCCCCCCCCCC.CCCCN.O=C=NC(=O)Cl.[Cl-]. The zero-order chi connectivity index (χ0) is 59.2. The lowest BCUT2D eigenvalue weighted by Gasteiger charge is -2.09. The van der Waals surface area contributed by atoms with E-state index >= 15 is 0 Å². The molecule has 0 aliphatic rings. The van der Waals surface area contributed by atoms with Gasteiger partial charge in [0.1, 0.15) is 0 Å². The van der Waals surface area contributed by atoms with Gasteiger partial charge in [0.05, 0.1) is 40.5 Å². The quantitative estimate of drug-likeness (QED) is 0.00972. The number of hydrogen-bond donors (Lipinski definition) is 5. The Kier molecular flexibility index (Phi) is 83.8. The van der Waals surface area contributed by atoms with E-state index in [1.807, 2.05) is 0 Å². The molecule has 0 rings (SSSR count). The van der Waals surface area contributed by atoms with Crippen molar-refractivity contribution in [3.05, 3.63) is 0 Å². The summed E-state index contributed by atoms with van der Waals surface area (Å²) in [6.07, 6.45) is 56.5. The van der Waals surface area contributed by atoms with Crippen LogP contribution in [0.2, 0.25) is 0 Å². The Hall–Kier alpha value is -2.97. The van der Waals surface area contributed by atoms with E-state index in [1.54, 1.807) is 0 Å². The molecule has 6 amide bonds. The first kappa shape index (κ1) is 85.8. The van der Waals surface area contributed by atoms with Gasteiger partial charge in [-0.15, -0.1) is 4.99 Å². The number of halogens is 2. The summed E-state index contributed by atoms with van der Waals surface area (Å²) in [5, 5.41) is 5.98. The second kappa shape index (κ2) is 78.1. The monoisotopic (exact) mass is 1180 g/mol. The minimum Gasteiger partial charge on any atom is -1.00 e. The number of hydrogen-bond acceptors (Lipinski definition) is 10. The maximum atomic E-state index is 11.7. The van der Waals surface area contributed by atoms with Crippen LogP contribution in [0.1, 0.15) is 317 Å². The molecule has 0 aromatic rings. The van der Waals surface area contributed by atoms with E-state index in [-0.39, 0.29) is 12.4 Å². The van der Waals surface area contributed by atoms with Crippen molar-refractivity contribution < 1.29 is 60.3 Å². The lowest BCUT2D eigenvalue weighted by atomic mass is 10.0. The van der Waals surface area contributed by atoms with Crippen molar-refractivity contribution in [2.45, 2.75) is 317 Å². The third-order valence-electron chi connectivity index (χ3n) is 13.4. The number of ether oxygens (including phenoxy) is 3. The lowest BCUT2D eigenvalue weighted by Crippen LogP contribution is -3.05. The van der Waals surface area contributed by atoms with Gasteiger partial charge in [0.2, 0.25) is 6.08 Å². The molecule has 0 aromatic carbocycles. The maximum absolute atomic E-state index is 11.7. The molecule has 15 nitrogen and oxygen atoms in total. The van der Waals surface area contributed by atoms with Crippen LogP contribution in [0.4, 0.5) is 24.0 Å². The molecule has 0 bridgehead atoms. The minimum atomic E-state index is -1.04. The van der Waals surface area contributed by atoms with Crippen LogP contribution in [-0.2, 0) is 19.0 Å². The van der Waals surface area contributed by atoms with Gasteiger partial charge in [0.15, 0.2) is 0 Å². The summed E-state index contributed by atoms with van der Waals surface area (Å²) in [5.41, 5.74) is 5.14. The number of unbranched alkanes of at least 4 members (excludes halogenated alkanes) is 40. The van der Waals surface area contributed by atoms with Crippen molar-refractivity contribution in [2.75, 3.05) is 53.6 Å². The highest BCUT2D eigenvalue weighted by Crippen LogP contribution is 2.16. The molecule has 476 valence electrons. The van der Waals surface area contributed by atoms with Gasteiger partial charge in [0.25, 0.3) is 0 Å². The van der Waals surface area contributed by atoms with Gasteiger partial charge in [-0.1, -0.05) is 285 Å². The number of quaternary nitrogens is 1. The molecule has 0 fully saturated rings. The molecule has 0 aromatic heterocycles. The van der Waals surface area contributed by atoms with Crippen molar-refractivity contribution in [1.82, 2.24) is 16.0 Å². The molecule has 0 unspecified atom stereocenters. The largest absolute Gasteiger partial charge is 1.00 e. The second-order valence-corrected chi connectivity index (χ2v) is 21.9. The molecule has 17 heteroatoms. The third kappa shape index (κ3) is 88.8. The van der Waals surface area contributed by atoms with Crippen LogP contribution in [0.5, 0.6) is 0 Å². The Balaban J connectivity index is -0.000000399. The van der Waals surface area contributed by atoms with Gasteiger partial charge < -0.3 is 42.6 Å². The highest BCUT2D eigenvalue weighted by molar-refractivity contribution is 6.63. The molecule has 0 saturated carbocycles. The fraction of sp³-hybridized carbons (Fsp3) is 0.905. The molecule has 0 aliphatic heterocycles. The Morgan fingerprint density at radius 1 is 0.412 bits per heavy atom. The topological polar surface area (TPSA) is 209 Å². The van der Waals surface area contributed by atoms with Gasteiger partial charge in [-0.05, 0) is 43.8 Å². The molecule has 0 radical (unpaired) electrons. The molecule has 80 heavy (non-hydrogen) atoms. The predicted molar refractivity (Wildman–Crippen MR) is 330 cm³/mol. The summed E-state index contributed by atoms with van der Waals surface area (Å²) < 4.78 is 15.2. The highest BCUT2D eigenvalue weighted by Gasteiger charge is 2.10. The predicted octanol–water partition coefficient (Wildman–Crippen LogP) is 14.7. The first-order valence-electron chi connectivity index (χ1n) is 32.5. The fourth-order valence-electron chi connectivity index (χ4n) is 8.60. The van der Waals surface area contributed by atoms with Crippen LogP contribution < -0.4 is 39.0 Å². The molecule has 0 aliphatic carbocycles. The minimum absolute atomic E-state index is 0. The average molecular weight is 1180 g/mol. The van der Waals surface area contributed by atoms with Crippen molar-refractivity contribution >= 4 is 47.4 Å². The zero-order valence-corrected chi connectivity index (χ0v) is 54.0. The van der Waals surface area contributed by atoms with Crippen LogP contribution in [0.15, 0.2) is 4.99 Å². The Bertz CT molecular complexity index is 1300. The number of rotatable bonds is 51. The number of amides is 6. The Morgan fingerprint density at radius 2 is 0.662 bits per heavy atom. The summed E-state index contributed by atoms with van der Waals surface area (Å²) in [4.78, 5) is 68.7. The van der Waals surface area contributed by atoms with E-state index in [2.05, 4.69) is 74.3 Å². The number of urea groups is 1. The van der Waals surface area contributed by atoms with E-state index in [0.29, 0.717) is 26.4 Å². The lowest BCUT2D eigenvalue weighted by molar-refractivity contribution is -0.858. The molecule has 0 saturated heterocycles. The Morgan fingerprint density at radius 3 is 0.863 bits per heavy atom. The number of carbonyl (C=O) groups is 5. The summed E-state index contributed by atoms with van der Waals surface area (Å²) in [5.74, 6) is 0. The number of alkyl carbamates (subject to hydrolysis) is 3. The van der Waals surface area contributed by atoms with Crippen molar-refractivity contribution in [3.63, 3.8) is 0 Å². The van der Waals surface area contributed by atoms with Gasteiger partial charge >= 0.3 is 29.7 Å². The molecular formula is C63H126Cl2N6O9. The molecule has 0 spiro atoms. The van der Waals surface area contributed by atoms with Crippen LogP contribution in [-0.4, -0.2) is 89.3 Å². The Labute approximate surface area is 502 Å². The van der Waals surface area contributed by atoms with Gasteiger partial charge in [-0.3, -0.25) is 4.79 Å². The van der Waals surface area contributed by atoms with Crippen molar-refractivity contribution in [1.29, 1.82) is 0 Å². The number of isocyanates is 1. The van der Waals surface area contributed by atoms with Crippen molar-refractivity contribution in [3.8, 4) is 0 Å².